The summed E-state index contributed by atoms with van der Waals surface area (Å²) in [6, 6.07) is -0.0571. The Kier molecular flexibility index (Phi) is 3.42. The van der Waals surface area contributed by atoms with E-state index in [-0.39, 0.29) is 13.0 Å². The molecule has 2 rings (SSSR count). The molecule has 0 aromatic carbocycles. The first kappa shape index (κ1) is 12.4. The Hall–Kier alpha value is -1.04. The third-order valence-electron chi connectivity index (χ3n) is 2.91. The third kappa shape index (κ3) is 2.62. The van der Waals surface area contributed by atoms with Crippen LogP contribution in [0.5, 0.6) is 0 Å². The van der Waals surface area contributed by atoms with Crippen LogP contribution in [-0.4, -0.2) is 29.6 Å². The summed E-state index contributed by atoms with van der Waals surface area (Å²) in [6.07, 6.45) is -3.15. The van der Waals surface area contributed by atoms with Gasteiger partial charge in [-0.3, -0.25) is 4.79 Å². The zero-order chi connectivity index (χ0) is 12.5. The molecule has 0 spiro atoms. The third-order valence-corrected chi connectivity index (χ3v) is 3.59. The minimum absolute atomic E-state index is 0.0133. The van der Waals surface area contributed by atoms with Crippen LogP contribution in [0.2, 0.25) is 0 Å². The van der Waals surface area contributed by atoms with Gasteiger partial charge < -0.3 is 4.90 Å². The molecule has 1 fully saturated rings. The van der Waals surface area contributed by atoms with Crippen molar-refractivity contribution in [3.63, 3.8) is 0 Å². The van der Waals surface area contributed by atoms with Gasteiger partial charge in [-0.05, 0) is 30.7 Å². The van der Waals surface area contributed by atoms with Gasteiger partial charge in [-0.25, -0.2) is 0 Å². The Bertz CT molecular complexity index is 388. The number of alkyl halides is 3. The summed E-state index contributed by atoms with van der Waals surface area (Å²) in [6.45, 7) is 0.193. The molecule has 1 unspecified atom stereocenters. The Balaban J connectivity index is 2.20. The van der Waals surface area contributed by atoms with Crippen LogP contribution in [-0.2, 0) is 0 Å². The van der Waals surface area contributed by atoms with Gasteiger partial charge in [0.2, 0.25) is 0 Å². The first-order valence-electron chi connectivity index (χ1n) is 5.40. The predicted molar refractivity (Wildman–Crippen MR) is 59.0 cm³/mol. The van der Waals surface area contributed by atoms with E-state index in [1.807, 2.05) is 0 Å². The van der Waals surface area contributed by atoms with Crippen molar-refractivity contribution in [2.45, 2.75) is 31.5 Å². The van der Waals surface area contributed by atoms with Gasteiger partial charge in [0.15, 0.2) is 0 Å². The molecule has 1 atom stereocenters. The molecule has 0 N–H and O–H groups in total. The number of piperidine rings is 1. The lowest BCUT2D eigenvalue weighted by Gasteiger charge is -2.36. The van der Waals surface area contributed by atoms with Crippen LogP contribution in [0, 0.1) is 0 Å². The van der Waals surface area contributed by atoms with E-state index < -0.39 is 18.1 Å². The maximum atomic E-state index is 12.8. The fraction of sp³-hybridized carbons (Fsp3) is 0.545. The van der Waals surface area contributed by atoms with Crippen molar-refractivity contribution in [3.8, 4) is 0 Å². The van der Waals surface area contributed by atoms with Gasteiger partial charge >= 0.3 is 6.18 Å². The van der Waals surface area contributed by atoms with Gasteiger partial charge in [0.1, 0.15) is 6.04 Å². The molecule has 1 aromatic heterocycles. The normalized spacial score (nSPS) is 21.6. The summed E-state index contributed by atoms with van der Waals surface area (Å²) in [7, 11) is 0. The van der Waals surface area contributed by atoms with E-state index in [1.165, 1.54) is 11.3 Å². The van der Waals surface area contributed by atoms with Crippen LogP contribution in [0.4, 0.5) is 13.2 Å². The van der Waals surface area contributed by atoms with Crippen LogP contribution in [0.15, 0.2) is 16.8 Å². The second kappa shape index (κ2) is 4.68. The molecule has 2 nitrogen and oxygen atoms in total. The van der Waals surface area contributed by atoms with Crippen molar-refractivity contribution in [1.82, 2.24) is 4.90 Å². The number of carbonyl (C=O) groups is 1. The van der Waals surface area contributed by atoms with E-state index in [9.17, 15) is 18.0 Å². The summed E-state index contributed by atoms with van der Waals surface area (Å²) in [5.41, 5.74) is 0.353. The van der Waals surface area contributed by atoms with Crippen LogP contribution in [0.1, 0.15) is 29.6 Å². The second-order valence-electron chi connectivity index (χ2n) is 4.06. The van der Waals surface area contributed by atoms with Crippen LogP contribution in [0.3, 0.4) is 0 Å². The van der Waals surface area contributed by atoms with E-state index in [4.69, 9.17) is 0 Å². The minimum atomic E-state index is -4.33. The zero-order valence-corrected chi connectivity index (χ0v) is 9.85. The molecule has 1 aliphatic heterocycles. The smallest absolute Gasteiger partial charge is 0.327 e. The van der Waals surface area contributed by atoms with E-state index in [0.717, 1.165) is 4.90 Å². The average Bonchev–Trinajstić information content (AvgIpc) is 2.80. The molecule has 94 valence electrons. The molecule has 1 aromatic rings. The van der Waals surface area contributed by atoms with Crippen LogP contribution in [0.25, 0.3) is 0 Å². The molecule has 1 saturated heterocycles. The molecule has 0 saturated carbocycles. The SMILES string of the molecule is O=C(c1ccsc1)N1CCCCC1C(F)(F)F. The highest BCUT2D eigenvalue weighted by Gasteiger charge is 2.46. The molecule has 6 heteroatoms. The van der Waals surface area contributed by atoms with Gasteiger partial charge in [-0.15, -0.1) is 0 Å². The number of halogens is 3. The van der Waals surface area contributed by atoms with Crippen molar-refractivity contribution in [3.05, 3.63) is 22.4 Å². The fourth-order valence-corrected chi connectivity index (χ4v) is 2.70. The fourth-order valence-electron chi connectivity index (χ4n) is 2.07. The number of amides is 1. The lowest BCUT2D eigenvalue weighted by molar-refractivity contribution is -0.183. The highest BCUT2D eigenvalue weighted by Crippen LogP contribution is 2.32. The number of hydrogen-bond donors (Lipinski definition) is 0. The van der Waals surface area contributed by atoms with Crippen molar-refractivity contribution >= 4 is 17.2 Å². The van der Waals surface area contributed by atoms with Crippen LogP contribution < -0.4 is 0 Å². The van der Waals surface area contributed by atoms with Crippen molar-refractivity contribution in [2.75, 3.05) is 6.54 Å². The monoisotopic (exact) mass is 263 g/mol. The van der Waals surface area contributed by atoms with E-state index >= 15 is 0 Å². The zero-order valence-electron chi connectivity index (χ0n) is 9.04. The predicted octanol–water partition coefficient (Wildman–Crippen LogP) is 3.31. The van der Waals surface area contributed by atoms with E-state index in [0.29, 0.717) is 18.4 Å². The number of hydrogen-bond acceptors (Lipinski definition) is 2. The van der Waals surface area contributed by atoms with E-state index in [2.05, 4.69) is 0 Å². The maximum Gasteiger partial charge on any atom is 0.408 e. The number of thiophene rings is 1. The molecule has 0 aliphatic carbocycles. The molecule has 1 amide bonds. The lowest BCUT2D eigenvalue weighted by Crippen LogP contribution is -2.51. The molecule has 0 bridgehead atoms. The number of carbonyl (C=O) groups excluding carboxylic acids is 1. The molecule has 0 radical (unpaired) electrons. The van der Waals surface area contributed by atoms with Gasteiger partial charge in [-0.2, -0.15) is 24.5 Å². The Labute approximate surface area is 101 Å². The number of nitrogens with zero attached hydrogens (tertiary/aromatic N) is 1. The molecule has 2 heterocycles. The first-order chi connectivity index (χ1) is 8.00. The summed E-state index contributed by atoms with van der Waals surface area (Å²) in [5, 5.41) is 3.28. The van der Waals surface area contributed by atoms with Crippen molar-refractivity contribution < 1.29 is 18.0 Å². The molecule has 1 aliphatic rings. The molecular formula is C11H12F3NOS. The number of rotatable bonds is 1. The first-order valence-corrected chi connectivity index (χ1v) is 6.34. The largest absolute Gasteiger partial charge is 0.408 e. The van der Waals surface area contributed by atoms with Crippen LogP contribution >= 0.6 is 11.3 Å². The molecular weight excluding hydrogens is 251 g/mol. The number of likely N-dealkylation sites (tertiary alicyclic amines) is 1. The van der Waals surface area contributed by atoms with Crippen molar-refractivity contribution in [1.29, 1.82) is 0 Å². The van der Waals surface area contributed by atoms with Gasteiger partial charge in [0.25, 0.3) is 5.91 Å². The average molecular weight is 263 g/mol. The second-order valence-corrected chi connectivity index (χ2v) is 4.84. The summed E-state index contributed by atoms with van der Waals surface area (Å²) >= 11 is 1.31. The van der Waals surface area contributed by atoms with Gasteiger partial charge in [0, 0.05) is 11.9 Å². The van der Waals surface area contributed by atoms with Crippen molar-refractivity contribution in [2.24, 2.45) is 0 Å². The minimum Gasteiger partial charge on any atom is -0.327 e. The Morgan fingerprint density at radius 2 is 2.18 bits per heavy atom. The quantitative estimate of drug-likeness (QED) is 0.761. The van der Waals surface area contributed by atoms with Gasteiger partial charge in [-0.1, -0.05) is 0 Å². The van der Waals surface area contributed by atoms with Gasteiger partial charge in [0.05, 0.1) is 5.56 Å². The maximum absolute atomic E-state index is 12.8. The summed E-state index contributed by atoms with van der Waals surface area (Å²) < 4.78 is 38.4. The summed E-state index contributed by atoms with van der Waals surface area (Å²) in [5.74, 6) is -0.506. The lowest BCUT2D eigenvalue weighted by atomic mass is 10.0. The highest BCUT2D eigenvalue weighted by atomic mass is 32.1. The molecule has 17 heavy (non-hydrogen) atoms. The van der Waals surface area contributed by atoms with E-state index in [1.54, 1.807) is 16.8 Å². The highest BCUT2D eigenvalue weighted by molar-refractivity contribution is 7.08. The Morgan fingerprint density at radius 1 is 1.41 bits per heavy atom. The Morgan fingerprint density at radius 3 is 2.76 bits per heavy atom. The summed E-state index contributed by atoms with van der Waals surface area (Å²) in [4.78, 5) is 12.9. The topological polar surface area (TPSA) is 20.3 Å². The standard InChI is InChI=1S/C11H12F3NOS/c12-11(13,14)9-3-1-2-5-15(9)10(16)8-4-6-17-7-8/h4,6-7,9H,1-3,5H2.